The summed E-state index contributed by atoms with van der Waals surface area (Å²) >= 11 is 0. The maximum Gasteiger partial charge on any atom is 0.308 e. The standard InChI is InChI=1S/C20H20N2O6/c1-13(23)28-16-9-7-15(8-10-16)20(26)22-17(19(21)25)11-18(24)27-12-14-5-3-2-4-6-14/h2-10,17H,11-12H2,1H3,(H2,21,25)(H,22,26)/t17-/m1/s1. The first-order chi connectivity index (χ1) is 13.3. The molecule has 2 rings (SSSR count). The molecule has 0 aromatic heterocycles. The van der Waals surface area contributed by atoms with E-state index >= 15 is 0 Å². The van der Waals surface area contributed by atoms with E-state index in [1.54, 1.807) is 12.1 Å². The Hall–Kier alpha value is -3.68. The summed E-state index contributed by atoms with van der Waals surface area (Å²) in [6, 6.07) is 13.5. The highest BCUT2D eigenvalue weighted by molar-refractivity contribution is 5.98. The van der Waals surface area contributed by atoms with Crippen LogP contribution in [0.4, 0.5) is 0 Å². The van der Waals surface area contributed by atoms with E-state index in [2.05, 4.69) is 5.32 Å². The van der Waals surface area contributed by atoms with E-state index in [-0.39, 0.29) is 24.3 Å². The van der Waals surface area contributed by atoms with Crippen molar-refractivity contribution in [2.75, 3.05) is 0 Å². The number of carbonyl (C=O) groups is 4. The first kappa shape index (κ1) is 20.6. The maximum absolute atomic E-state index is 12.3. The molecule has 3 N–H and O–H groups in total. The van der Waals surface area contributed by atoms with E-state index < -0.39 is 29.8 Å². The predicted octanol–water partition coefficient (Wildman–Crippen LogP) is 1.33. The monoisotopic (exact) mass is 384 g/mol. The lowest BCUT2D eigenvalue weighted by Gasteiger charge is -2.15. The van der Waals surface area contributed by atoms with Gasteiger partial charge in [0.25, 0.3) is 5.91 Å². The fourth-order valence-electron chi connectivity index (χ4n) is 2.27. The molecule has 0 aliphatic rings. The predicted molar refractivity (Wildman–Crippen MR) is 99.1 cm³/mol. The van der Waals surface area contributed by atoms with Crippen LogP contribution in [0.2, 0.25) is 0 Å². The number of nitrogens with one attached hydrogen (secondary N) is 1. The van der Waals surface area contributed by atoms with Crippen LogP contribution in [0.1, 0.15) is 29.3 Å². The Morgan fingerprint density at radius 3 is 2.21 bits per heavy atom. The topological polar surface area (TPSA) is 125 Å². The zero-order chi connectivity index (χ0) is 20.5. The molecule has 28 heavy (non-hydrogen) atoms. The smallest absolute Gasteiger partial charge is 0.308 e. The fourth-order valence-corrected chi connectivity index (χ4v) is 2.27. The van der Waals surface area contributed by atoms with Gasteiger partial charge in [-0.25, -0.2) is 0 Å². The molecule has 0 unspecified atom stereocenters. The van der Waals surface area contributed by atoms with Gasteiger partial charge < -0.3 is 20.5 Å². The van der Waals surface area contributed by atoms with Crippen LogP contribution in [0, 0.1) is 0 Å². The van der Waals surface area contributed by atoms with Gasteiger partial charge in [0.15, 0.2) is 0 Å². The Morgan fingerprint density at radius 2 is 1.64 bits per heavy atom. The molecule has 2 aromatic rings. The molecular formula is C20H20N2O6. The molecule has 1 atom stereocenters. The fraction of sp³-hybridized carbons (Fsp3) is 0.200. The molecular weight excluding hydrogens is 364 g/mol. The molecule has 8 heteroatoms. The number of esters is 2. The molecule has 0 radical (unpaired) electrons. The largest absolute Gasteiger partial charge is 0.461 e. The third kappa shape index (κ3) is 6.56. The second-order valence-electron chi connectivity index (χ2n) is 5.90. The van der Waals surface area contributed by atoms with Crippen LogP contribution >= 0.6 is 0 Å². The van der Waals surface area contributed by atoms with Crippen molar-refractivity contribution in [3.05, 3.63) is 65.7 Å². The summed E-state index contributed by atoms with van der Waals surface area (Å²) in [5.74, 6) is -2.34. The number of nitrogens with two attached hydrogens (primary N) is 1. The molecule has 0 heterocycles. The van der Waals surface area contributed by atoms with Crippen LogP contribution in [0.3, 0.4) is 0 Å². The minimum Gasteiger partial charge on any atom is -0.461 e. The highest BCUT2D eigenvalue weighted by Gasteiger charge is 2.23. The molecule has 0 fully saturated rings. The minimum absolute atomic E-state index is 0.0523. The van der Waals surface area contributed by atoms with Crippen LogP contribution in [-0.4, -0.2) is 29.8 Å². The number of amides is 2. The lowest BCUT2D eigenvalue weighted by atomic mass is 10.1. The molecule has 0 saturated heterocycles. The number of rotatable bonds is 8. The van der Waals surface area contributed by atoms with Crippen LogP contribution in [0.5, 0.6) is 5.75 Å². The summed E-state index contributed by atoms with van der Waals surface area (Å²) < 4.78 is 9.98. The first-order valence-corrected chi connectivity index (χ1v) is 8.43. The van der Waals surface area contributed by atoms with E-state index in [0.29, 0.717) is 0 Å². The number of hydrogen-bond donors (Lipinski definition) is 2. The van der Waals surface area contributed by atoms with E-state index in [9.17, 15) is 19.2 Å². The number of carbonyl (C=O) groups excluding carboxylic acids is 4. The summed E-state index contributed by atoms with van der Waals surface area (Å²) in [7, 11) is 0. The van der Waals surface area contributed by atoms with Gasteiger partial charge >= 0.3 is 11.9 Å². The van der Waals surface area contributed by atoms with Crippen molar-refractivity contribution in [2.45, 2.75) is 26.0 Å². The van der Waals surface area contributed by atoms with E-state index in [0.717, 1.165) is 5.56 Å². The van der Waals surface area contributed by atoms with E-state index in [4.69, 9.17) is 15.2 Å². The van der Waals surface area contributed by atoms with Gasteiger partial charge in [-0.1, -0.05) is 30.3 Å². The quantitative estimate of drug-likeness (QED) is 0.522. The first-order valence-electron chi connectivity index (χ1n) is 8.43. The van der Waals surface area contributed by atoms with Crippen LogP contribution < -0.4 is 15.8 Å². The van der Waals surface area contributed by atoms with Crippen molar-refractivity contribution in [1.82, 2.24) is 5.32 Å². The minimum atomic E-state index is -1.22. The molecule has 2 aromatic carbocycles. The maximum atomic E-state index is 12.3. The molecule has 2 amide bonds. The lowest BCUT2D eigenvalue weighted by Crippen LogP contribution is -2.45. The number of hydrogen-bond acceptors (Lipinski definition) is 6. The zero-order valence-electron chi connectivity index (χ0n) is 15.2. The van der Waals surface area contributed by atoms with Crippen molar-refractivity contribution in [3.8, 4) is 5.75 Å². The van der Waals surface area contributed by atoms with Crippen LogP contribution in [0.15, 0.2) is 54.6 Å². The summed E-state index contributed by atoms with van der Waals surface area (Å²) in [5, 5.41) is 2.40. The van der Waals surface area contributed by atoms with Gasteiger partial charge in [-0.2, -0.15) is 0 Å². The molecule has 0 aliphatic carbocycles. The van der Waals surface area contributed by atoms with Crippen LogP contribution in [-0.2, 0) is 25.7 Å². The average Bonchev–Trinajstić information content (AvgIpc) is 2.66. The number of benzene rings is 2. The van der Waals surface area contributed by atoms with Gasteiger partial charge in [0.2, 0.25) is 5.91 Å². The second kappa shape index (κ2) is 9.86. The Bertz CT molecular complexity index is 849. The zero-order valence-corrected chi connectivity index (χ0v) is 15.2. The van der Waals surface area contributed by atoms with Gasteiger partial charge in [-0.3, -0.25) is 19.2 Å². The van der Waals surface area contributed by atoms with Crippen molar-refractivity contribution >= 4 is 23.8 Å². The number of primary amides is 1. The SMILES string of the molecule is CC(=O)Oc1ccc(C(=O)N[C@H](CC(=O)OCc2ccccc2)C(N)=O)cc1. The van der Waals surface area contributed by atoms with Crippen molar-refractivity contribution in [1.29, 1.82) is 0 Å². The molecule has 0 spiro atoms. The van der Waals surface area contributed by atoms with Gasteiger partial charge in [0.05, 0.1) is 6.42 Å². The molecule has 0 bridgehead atoms. The van der Waals surface area contributed by atoms with Gasteiger partial charge in [0.1, 0.15) is 18.4 Å². The van der Waals surface area contributed by atoms with Gasteiger partial charge in [-0.15, -0.1) is 0 Å². The summed E-state index contributed by atoms with van der Waals surface area (Å²) in [6.45, 7) is 1.31. The summed E-state index contributed by atoms with van der Waals surface area (Å²) in [5.41, 5.74) is 6.28. The summed E-state index contributed by atoms with van der Waals surface area (Å²) in [6.07, 6.45) is -0.389. The Morgan fingerprint density at radius 1 is 1.00 bits per heavy atom. The highest BCUT2D eigenvalue weighted by Crippen LogP contribution is 2.13. The number of ether oxygens (including phenoxy) is 2. The molecule has 0 saturated carbocycles. The molecule has 8 nitrogen and oxygen atoms in total. The molecule has 146 valence electrons. The highest BCUT2D eigenvalue weighted by atomic mass is 16.5. The lowest BCUT2D eigenvalue weighted by molar-refractivity contribution is -0.146. The summed E-state index contributed by atoms with van der Waals surface area (Å²) in [4.78, 5) is 46.7. The van der Waals surface area contributed by atoms with Crippen LogP contribution in [0.25, 0.3) is 0 Å². The third-order valence-corrected chi connectivity index (χ3v) is 3.64. The molecule has 0 aliphatic heterocycles. The normalized spacial score (nSPS) is 11.2. The Kier molecular flexibility index (Phi) is 7.27. The average molecular weight is 384 g/mol. The second-order valence-corrected chi connectivity index (χ2v) is 5.90. The van der Waals surface area contributed by atoms with Gasteiger partial charge in [0, 0.05) is 12.5 Å². The van der Waals surface area contributed by atoms with E-state index in [1.165, 1.54) is 31.2 Å². The van der Waals surface area contributed by atoms with Gasteiger partial charge in [-0.05, 0) is 29.8 Å². The van der Waals surface area contributed by atoms with Crippen molar-refractivity contribution < 1.29 is 28.7 Å². The third-order valence-electron chi connectivity index (χ3n) is 3.64. The Labute approximate surface area is 161 Å². The van der Waals surface area contributed by atoms with E-state index in [1.807, 2.05) is 18.2 Å². The van der Waals surface area contributed by atoms with Crippen molar-refractivity contribution in [2.24, 2.45) is 5.73 Å². The van der Waals surface area contributed by atoms with Crippen molar-refractivity contribution in [3.63, 3.8) is 0 Å². The Balaban J connectivity index is 1.92.